The number of aliphatic carboxylic acids is 2. The first kappa shape index (κ1) is 13.6. The molecular formula is C9H11N3O6. The summed E-state index contributed by atoms with van der Waals surface area (Å²) in [6, 6.07) is -0.350. The summed E-state index contributed by atoms with van der Waals surface area (Å²) in [5.41, 5.74) is 3.55. The van der Waals surface area contributed by atoms with Crippen LogP contribution in [0.3, 0.4) is 0 Å². The number of carbonyl (C=O) groups is 2. The molecule has 0 saturated carbocycles. The fraction of sp³-hybridized carbons (Fsp3) is 0.333. The van der Waals surface area contributed by atoms with Crippen LogP contribution < -0.4 is 17.0 Å². The second kappa shape index (κ2) is 5.27. The first-order valence-corrected chi connectivity index (χ1v) is 4.83. The first-order valence-electron chi connectivity index (χ1n) is 4.83. The van der Waals surface area contributed by atoms with E-state index in [2.05, 4.69) is 0 Å². The molecule has 0 amide bonds. The zero-order valence-corrected chi connectivity index (χ0v) is 9.15. The molecule has 0 saturated heterocycles. The van der Waals surface area contributed by atoms with Crippen LogP contribution in [0.25, 0.3) is 0 Å². The van der Waals surface area contributed by atoms with E-state index >= 15 is 0 Å². The largest absolute Gasteiger partial charge is 0.480 e. The Bertz CT molecular complexity index is 587. The molecule has 0 unspecified atom stereocenters. The van der Waals surface area contributed by atoms with Gasteiger partial charge in [-0.2, -0.15) is 0 Å². The van der Waals surface area contributed by atoms with Crippen LogP contribution in [0.4, 0.5) is 0 Å². The monoisotopic (exact) mass is 257 g/mol. The van der Waals surface area contributed by atoms with Crippen LogP contribution in [0.2, 0.25) is 0 Å². The number of rotatable bonds is 5. The number of nitrogens with two attached hydrogens (primary N) is 1. The van der Waals surface area contributed by atoms with E-state index in [9.17, 15) is 19.2 Å². The predicted molar refractivity (Wildman–Crippen MR) is 58.2 cm³/mol. The maximum Gasteiger partial charge on any atom is 0.331 e. The molecule has 1 atom stereocenters. The SMILES string of the molecule is N[C@H](Cn1ccc(=O)n(CC(=O)O)c1=O)C(=O)O. The molecule has 9 nitrogen and oxygen atoms in total. The van der Waals surface area contributed by atoms with Crippen molar-refractivity contribution in [1.29, 1.82) is 0 Å². The number of carboxylic acid groups (broad SMARTS) is 2. The molecule has 4 N–H and O–H groups in total. The van der Waals surface area contributed by atoms with E-state index in [4.69, 9.17) is 15.9 Å². The van der Waals surface area contributed by atoms with Crippen molar-refractivity contribution < 1.29 is 19.8 Å². The Labute approximate surface area is 99.7 Å². The normalized spacial score (nSPS) is 12.1. The van der Waals surface area contributed by atoms with Gasteiger partial charge in [0.2, 0.25) is 0 Å². The molecule has 0 aliphatic heterocycles. The summed E-state index contributed by atoms with van der Waals surface area (Å²) in [6.45, 7) is -1.14. The lowest BCUT2D eigenvalue weighted by molar-refractivity contribution is -0.139. The molecule has 0 spiro atoms. The third kappa shape index (κ3) is 3.04. The van der Waals surface area contributed by atoms with E-state index in [1.165, 1.54) is 0 Å². The van der Waals surface area contributed by atoms with Gasteiger partial charge in [0, 0.05) is 12.3 Å². The van der Waals surface area contributed by atoms with Crippen molar-refractivity contribution in [3.05, 3.63) is 33.1 Å². The quantitative estimate of drug-likeness (QED) is 0.529. The van der Waals surface area contributed by atoms with Crippen molar-refractivity contribution in [2.75, 3.05) is 0 Å². The highest BCUT2D eigenvalue weighted by Crippen LogP contribution is 1.86. The van der Waals surface area contributed by atoms with Crippen molar-refractivity contribution in [3.8, 4) is 0 Å². The second-order valence-corrected chi connectivity index (χ2v) is 3.51. The first-order chi connectivity index (χ1) is 8.32. The summed E-state index contributed by atoms with van der Waals surface area (Å²) >= 11 is 0. The van der Waals surface area contributed by atoms with Gasteiger partial charge in [-0.15, -0.1) is 0 Å². The minimum Gasteiger partial charge on any atom is -0.480 e. The zero-order valence-electron chi connectivity index (χ0n) is 9.15. The second-order valence-electron chi connectivity index (χ2n) is 3.51. The molecule has 0 radical (unpaired) electrons. The van der Waals surface area contributed by atoms with Gasteiger partial charge in [-0.25, -0.2) is 9.36 Å². The Kier molecular flexibility index (Phi) is 4.00. The number of hydrogen-bond acceptors (Lipinski definition) is 5. The van der Waals surface area contributed by atoms with Crippen molar-refractivity contribution in [2.24, 2.45) is 5.73 Å². The van der Waals surface area contributed by atoms with Crippen LogP contribution in [-0.2, 0) is 22.7 Å². The lowest BCUT2D eigenvalue weighted by atomic mass is 10.3. The van der Waals surface area contributed by atoms with Crippen LogP contribution in [-0.4, -0.2) is 37.3 Å². The molecule has 1 aromatic rings. The van der Waals surface area contributed by atoms with Crippen molar-refractivity contribution in [3.63, 3.8) is 0 Å². The lowest BCUT2D eigenvalue weighted by Gasteiger charge is -2.10. The molecule has 98 valence electrons. The van der Waals surface area contributed by atoms with E-state index in [-0.39, 0.29) is 6.54 Å². The Hall–Kier alpha value is -2.42. The molecule has 1 rings (SSSR count). The topological polar surface area (TPSA) is 145 Å². The summed E-state index contributed by atoms with van der Waals surface area (Å²) < 4.78 is 1.36. The van der Waals surface area contributed by atoms with Gasteiger partial charge in [-0.3, -0.25) is 19.0 Å². The van der Waals surface area contributed by atoms with Gasteiger partial charge in [0.15, 0.2) is 0 Å². The fourth-order valence-electron chi connectivity index (χ4n) is 1.27. The number of aromatic nitrogens is 2. The third-order valence-corrected chi connectivity index (χ3v) is 2.14. The summed E-state index contributed by atoms with van der Waals surface area (Å²) in [4.78, 5) is 44.0. The van der Waals surface area contributed by atoms with Gasteiger partial charge in [0.1, 0.15) is 12.6 Å². The maximum absolute atomic E-state index is 11.7. The zero-order chi connectivity index (χ0) is 13.9. The standard InChI is InChI=1S/C9H11N3O6/c10-5(8(16)17)3-11-2-1-6(13)12(9(11)18)4-7(14)15/h1-2,5H,3-4,10H2,(H,14,15)(H,16,17)/t5-/m1/s1. The third-order valence-electron chi connectivity index (χ3n) is 2.14. The molecule has 18 heavy (non-hydrogen) atoms. The number of carboxylic acids is 2. The van der Waals surface area contributed by atoms with E-state index in [1.54, 1.807) is 0 Å². The Balaban J connectivity index is 3.17. The highest BCUT2D eigenvalue weighted by atomic mass is 16.4. The van der Waals surface area contributed by atoms with Crippen LogP contribution in [0.1, 0.15) is 0 Å². The van der Waals surface area contributed by atoms with Gasteiger partial charge in [-0.1, -0.05) is 0 Å². The minimum absolute atomic E-state index is 0.353. The van der Waals surface area contributed by atoms with Crippen LogP contribution in [0.5, 0.6) is 0 Å². The van der Waals surface area contributed by atoms with E-state index in [0.717, 1.165) is 16.8 Å². The molecular weight excluding hydrogens is 246 g/mol. The van der Waals surface area contributed by atoms with Crippen LogP contribution >= 0.6 is 0 Å². The number of nitrogens with zero attached hydrogens (tertiary/aromatic N) is 2. The average molecular weight is 257 g/mol. The van der Waals surface area contributed by atoms with Gasteiger partial charge >= 0.3 is 17.6 Å². The van der Waals surface area contributed by atoms with Crippen LogP contribution in [0, 0.1) is 0 Å². The van der Waals surface area contributed by atoms with E-state index < -0.39 is 35.8 Å². The molecule has 0 aliphatic carbocycles. The highest BCUT2D eigenvalue weighted by molar-refractivity contribution is 5.72. The van der Waals surface area contributed by atoms with Gasteiger partial charge in [-0.05, 0) is 0 Å². The Morgan fingerprint density at radius 2 is 1.94 bits per heavy atom. The van der Waals surface area contributed by atoms with Crippen LogP contribution in [0.15, 0.2) is 21.9 Å². The smallest absolute Gasteiger partial charge is 0.331 e. The van der Waals surface area contributed by atoms with Gasteiger partial charge in [0.25, 0.3) is 5.56 Å². The molecule has 0 aliphatic rings. The average Bonchev–Trinajstić information content (AvgIpc) is 2.27. The summed E-state index contributed by atoms with van der Waals surface area (Å²) in [6.07, 6.45) is 1.08. The predicted octanol–water partition coefficient (Wildman–Crippen LogP) is -2.49. The van der Waals surface area contributed by atoms with Gasteiger partial charge in [0.05, 0.1) is 6.54 Å². The molecule has 1 aromatic heterocycles. The number of hydrogen-bond donors (Lipinski definition) is 3. The molecule has 9 heteroatoms. The molecule has 0 aromatic carbocycles. The van der Waals surface area contributed by atoms with Crippen molar-refractivity contribution in [2.45, 2.75) is 19.1 Å². The van der Waals surface area contributed by atoms with E-state index in [1.807, 2.05) is 0 Å². The molecule has 0 fully saturated rings. The highest BCUT2D eigenvalue weighted by Gasteiger charge is 2.15. The van der Waals surface area contributed by atoms with Gasteiger partial charge < -0.3 is 15.9 Å². The summed E-state index contributed by atoms with van der Waals surface area (Å²) in [7, 11) is 0. The van der Waals surface area contributed by atoms with Crippen molar-refractivity contribution in [1.82, 2.24) is 9.13 Å². The summed E-state index contributed by atoms with van der Waals surface area (Å²) in [5, 5.41) is 17.2. The maximum atomic E-state index is 11.7. The van der Waals surface area contributed by atoms with E-state index in [0.29, 0.717) is 4.57 Å². The molecule has 0 bridgehead atoms. The van der Waals surface area contributed by atoms with Crippen molar-refractivity contribution >= 4 is 11.9 Å². The Morgan fingerprint density at radius 1 is 1.33 bits per heavy atom. The lowest BCUT2D eigenvalue weighted by Crippen LogP contribution is -2.44. The molecule has 1 heterocycles. The Morgan fingerprint density at radius 3 is 2.44 bits per heavy atom. The summed E-state index contributed by atoms with van der Waals surface area (Å²) in [5.74, 6) is -2.66. The minimum atomic E-state index is -1.35. The fourth-order valence-corrected chi connectivity index (χ4v) is 1.27.